The number of nitrogens with one attached hydrogen (secondary N) is 2. The number of esters is 1. The topological polar surface area (TPSA) is 137 Å². The van der Waals surface area contributed by atoms with Gasteiger partial charge in [-0.1, -0.05) is 6.92 Å². The minimum absolute atomic E-state index is 0.0574. The molecule has 10 heteroatoms. The van der Waals surface area contributed by atoms with Crippen LogP contribution in [0.25, 0.3) is 0 Å². The Morgan fingerprint density at radius 1 is 1.23 bits per heavy atom. The zero-order valence-corrected chi connectivity index (χ0v) is 11.5. The van der Waals surface area contributed by atoms with Crippen LogP contribution in [0.3, 0.4) is 0 Å². The summed E-state index contributed by atoms with van der Waals surface area (Å²) < 4.78 is 4.76. The first kappa shape index (κ1) is 15.2. The van der Waals surface area contributed by atoms with Crippen LogP contribution < -0.4 is 10.6 Å². The Kier molecular flexibility index (Phi) is 4.20. The molecule has 0 aliphatic carbocycles. The van der Waals surface area contributed by atoms with E-state index >= 15 is 0 Å². The Labute approximate surface area is 124 Å². The summed E-state index contributed by atoms with van der Waals surface area (Å²) in [6.45, 7) is 1.81. The van der Waals surface area contributed by atoms with E-state index in [1.165, 1.54) is 18.2 Å². The Morgan fingerprint density at radius 3 is 2.50 bits per heavy atom. The second kappa shape index (κ2) is 6.08. The van der Waals surface area contributed by atoms with Crippen molar-refractivity contribution in [1.29, 1.82) is 0 Å². The molecule has 2 N–H and O–H groups in total. The molecule has 22 heavy (non-hydrogen) atoms. The number of rotatable bonds is 5. The number of hydrogen-bond acceptors (Lipinski definition) is 8. The highest BCUT2D eigenvalue weighted by Gasteiger charge is 2.33. The van der Waals surface area contributed by atoms with Crippen LogP contribution in [0, 0.1) is 20.2 Å². The normalized spacial score (nSPS) is 14.4. The van der Waals surface area contributed by atoms with Gasteiger partial charge in [0.25, 0.3) is 5.69 Å². The quantitative estimate of drug-likeness (QED) is 0.364. The molecule has 0 unspecified atom stereocenters. The van der Waals surface area contributed by atoms with Crippen LogP contribution in [0.2, 0.25) is 0 Å². The maximum atomic E-state index is 11.7. The van der Waals surface area contributed by atoms with Crippen LogP contribution in [0.1, 0.15) is 13.3 Å². The third kappa shape index (κ3) is 2.95. The van der Waals surface area contributed by atoms with Gasteiger partial charge in [0.15, 0.2) is 5.82 Å². The van der Waals surface area contributed by atoms with Crippen molar-refractivity contribution in [3.8, 4) is 0 Å². The number of benzene rings is 1. The summed E-state index contributed by atoms with van der Waals surface area (Å²) >= 11 is 0. The van der Waals surface area contributed by atoms with E-state index in [2.05, 4.69) is 10.6 Å². The third-order valence-corrected chi connectivity index (χ3v) is 2.78. The Balaban J connectivity index is 2.33. The zero-order valence-electron chi connectivity index (χ0n) is 11.5. The molecule has 0 bridgehead atoms. The standard InChI is InChI=1S/C12H12N4O6/c1-2-5-22-12(17)10(16(20)21)11-13-8-4-3-7(15(18)19)6-9(8)14-11/h3-4,6,13-14H,2,5H2,1H3/b11-10-. The van der Waals surface area contributed by atoms with Crippen molar-refractivity contribution in [3.63, 3.8) is 0 Å². The number of carbonyl (C=O) groups excluding carboxylic acids is 1. The molecule has 0 atom stereocenters. The smallest absolute Gasteiger partial charge is 0.413 e. The average molecular weight is 308 g/mol. The van der Waals surface area contributed by atoms with Gasteiger partial charge in [-0.3, -0.25) is 20.2 Å². The molecule has 0 fully saturated rings. The lowest BCUT2D eigenvalue weighted by atomic mass is 10.2. The van der Waals surface area contributed by atoms with Crippen molar-refractivity contribution < 1.29 is 19.4 Å². The van der Waals surface area contributed by atoms with E-state index in [0.717, 1.165) is 0 Å². The Hall–Kier alpha value is -3.17. The lowest BCUT2D eigenvalue weighted by Crippen LogP contribution is -2.21. The van der Waals surface area contributed by atoms with Crippen molar-refractivity contribution in [3.05, 3.63) is 49.9 Å². The van der Waals surface area contributed by atoms with Gasteiger partial charge in [-0.05, 0) is 12.5 Å². The van der Waals surface area contributed by atoms with Crippen LogP contribution in [0.4, 0.5) is 17.1 Å². The van der Waals surface area contributed by atoms with Gasteiger partial charge >= 0.3 is 11.7 Å². The highest BCUT2D eigenvalue weighted by atomic mass is 16.6. The number of nitro groups is 2. The maximum Gasteiger partial charge on any atom is 0.413 e. The molecule has 1 heterocycles. The second-order valence-electron chi connectivity index (χ2n) is 4.35. The van der Waals surface area contributed by atoms with Gasteiger partial charge < -0.3 is 15.4 Å². The first-order valence-corrected chi connectivity index (χ1v) is 6.32. The fourth-order valence-corrected chi connectivity index (χ4v) is 1.81. The molecular formula is C12H12N4O6. The highest BCUT2D eigenvalue weighted by Crippen LogP contribution is 2.34. The highest BCUT2D eigenvalue weighted by molar-refractivity contribution is 5.91. The van der Waals surface area contributed by atoms with Crippen LogP contribution in [-0.4, -0.2) is 22.4 Å². The van der Waals surface area contributed by atoms with Crippen LogP contribution >= 0.6 is 0 Å². The van der Waals surface area contributed by atoms with E-state index in [9.17, 15) is 25.0 Å². The summed E-state index contributed by atoms with van der Waals surface area (Å²) in [5.41, 5.74) is -0.298. The molecule has 0 radical (unpaired) electrons. The zero-order chi connectivity index (χ0) is 16.3. The number of non-ortho nitro benzene ring substituents is 1. The van der Waals surface area contributed by atoms with Crippen LogP contribution in [-0.2, 0) is 9.53 Å². The van der Waals surface area contributed by atoms with Gasteiger partial charge in [0, 0.05) is 12.1 Å². The van der Waals surface area contributed by atoms with Gasteiger partial charge in [0.2, 0.25) is 0 Å². The molecule has 2 rings (SSSR count). The lowest BCUT2D eigenvalue weighted by molar-refractivity contribution is -0.422. The van der Waals surface area contributed by atoms with E-state index in [1.54, 1.807) is 6.92 Å². The molecule has 116 valence electrons. The van der Waals surface area contributed by atoms with Gasteiger partial charge in [-0.15, -0.1) is 0 Å². The minimum atomic E-state index is -1.08. The SMILES string of the molecule is CCCOC(=O)/C(=C1\Nc2ccc([N+](=O)[O-])cc2N1)[N+](=O)[O-]. The fraction of sp³-hybridized carbons (Fsp3) is 0.250. The average Bonchev–Trinajstić information content (AvgIpc) is 2.86. The van der Waals surface area contributed by atoms with Gasteiger partial charge in [0.05, 0.1) is 27.8 Å². The van der Waals surface area contributed by atoms with Crippen molar-refractivity contribution in [1.82, 2.24) is 0 Å². The summed E-state index contributed by atoms with van der Waals surface area (Å²) in [6.07, 6.45) is 0.527. The van der Waals surface area contributed by atoms with E-state index in [-0.39, 0.29) is 23.8 Å². The molecule has 1 aliphatic heterocycles. The van der Waals surface area contributed by atoms with Crippen molar-refractivity contribution in [2.75, 3.05) is 17.2 Å². The Bertz CT molecular complexity index is 684. The van der Waals surface area contributed by atoms with Gasteiger partial charge in [0.1, 0.15) is 0 Å². The molecule has 0 saturated heterocycles. The largest absolute Gasteiger partial charge is 0.457 e. The van der Waals surface area contributed by atoms with Crippen LogP contribution in [0.5, 0.6) is 0 Å². The molecule has 0 amide bonds. The molecular weight excluding hydrogens is 296 g/mol. The van der Waals surface area contributed by atoms with E-state index in [4.69, 9.17) is 4.74 Å². The number of hydrogen-bond donors (Lipinski definition) is 2. The first-order chi connectivity index (χ1) is 10.4. The fourth-order valence-electron chi connectivity index (χ4n) is 1.81. The number of nitrogens with zero attached hydrogens (tertiary/aromatic N) is 2. The number of carbonyl (C=O) groups is 1. The summed E-state index contributed by atoms with van der Waals surface area (Å²) in [5.74, 6) is -1.26. The molecule has 1 aromatic rings. The molecule has 1 aromatic carbocycles. The van der Waals surface area contributed by atoms with Crippen molar-refractivity contribution in [2.45, 2.75) is 13.3 Å². The molecule has 0 spiro atoms. The molecule has 1 aliphatic rings. The minimum Gasteiger partial charge on any atom is -0.457 e. The summed E-state index contributed by atoms with van der Waals surface area (Å²) in [6, 6.07) is 3.85. The van der Waals surface area contributed by atoms with Gasteiger partial charge in [-0.2, -0.15) is 0 Å². The number of fused-ring (bicyclic) bond motifs is 1. The number of nitro benzene ring substituents is 1. The predicted molar refractivity (Wildman–Crippen MR) is 75.6 cm³/mol. The molecule has 0 aromatic heterocycles. The van der Waals surface area contributed by atoms with E-state index in [1.807, 2.05) is 0 Å². The van der Waals surface area contributed by atoms with Crippen LogP contribution in [0.15, 0.2) is 29.7 Å². The van der Waals surface area contributed by atoms with E-state index < -0.39 is 21.5 Å². The lowest BCUT2D eigenvalue weighted by Gasteiger charge is -2.04. The summed E-state index contributed by atoms with van der Waals surface area (Å²) in [5, 5.41) is 27.0. The molecule has 0 saturated carbocycles. The van der Waals surface area contributed by atoms with Crippen molar-refractivity contribution >= 4 is 23.0 Å². The Morgan fingerprint density at radius 2 is 1.91 bits per heavy atom. The monoisotopic (exact) mass is 308 g/mol. The first-order valence-electron chi connectivity index (χ1n) is 6.32. The third-order valence-electron chi connectivity index (χ3n) is 2.78. The van der Waals surface area contributed by atoms with Crippen molar-refractivity contribution in [2.24, 2.45) is 0 Å². The molecule has 10 nitrogen and oxygen atoms in total. The van der Waals surface area contributed by atoms with E-state index in [0.29, 0.717) is 12.1 Å². The maximum absolute atomic E-state index is 11.7. The second-order valence-corrected chi connectivity index (χ2v) is 4.35. The summed E-state index contributed by atoms with van der Waals surface area (Å²) in [7, 11) is 0. The number of anilines is 2. The number of ether oxygens (including phenoxy) is 1. The summed E-state index contributed by atoms with van der Waals surface area (Å²) in [4.78, 5) is 32.1. The van der Waals surface area contributed by atoms with Gasteiger partial charge in [-0.25, -0.2) is 4.79 Å². The predicted octanol–water partition coefficient (Wildman–Crippen LogP) is 1.83.